The molecule has 3 atom stereocenters. The lowest BCUT2D eigenvalue weighted by molar-refractivity contribution is -0.288. The summed E-state index contributed by atoms with van der Waals surface area (Å²) in [5.41, 5.74) is -3.08. The molecule has 0 aliphatic heterocycles. The number of hydrogen-bond donors (Lipinski definition) is 0. The van der Waals surface area contributed by atoms with Crippen molar-refractivity contribution in [3.05, 3.63) is 0 Å². The quantitative estimate of drug-likeness (QED) is 0.727. The van der Waals surface area contributed by atoms with Crippen LogP contribution in [0.3, 0.4) is 0 Å². The van der Waals surface area contributed by atoms with Crippen LogP contribution in [0.15, 0.2) is 0 Å². The molecule has 0 N–H and O–H groups in total. The first kappa shape index (κ1) is 14.7. The molecule has 2 bridgehead atoms. The molecule has 5 heteroatoms. The molecule has 110 valence electrons. The van der Waals surface area contributed by atoms with Crippen molar-refractivity contribution in [1.29, 1.82) is 0 Å². The third-order valence-corrected chi connectivity index (χ3v) is 4.98. The minimum Gasteiger partial charge on any atom is -0.449 e. The molecule has 0 radical (unpaired) electrons. The zero-order valence-electron chi connectivity index (χ0n) is 11.6. The second kappa shape index (κ2) is 4.38. The monoisotopic (exact) mass is 278 g/mol. The molecule has 3 unspecified atom stereocenters. The highest BCUT2D eigenvalue weighted by Crippen LogP contribution is 2.59. The number of carbonyl (C=O) groups is 1. The zero-order chi connectivity index (χ0) is 14.5. The van der Waals surface area contributed by atoms with E-state index < -0.39 is 29.1 Å². The maximum absolute atomic E-state index is 13.4. The van der Waals surface area contributed by atoms with Gasteiger partial charge in [0.25, 0.3) is 0 Å². The van der Waals surface area contributed by atoms with E-state index in [0.717, 1.165) is 6.42 Å². The van der Waals surface area contributed by atoms with Crippen LogP contribution in [0.2, 0.25) is 0 Å². The fourth-order valence-electron chi connectivity index (χ4n) is 3.26. The lowest BCUT2D eigenvalue weighted by atomic mass is 9.82. The maximum Gasteiger partial charge on any atom is 0.428 e. The van der Waals surface area contributed by atoms with Gasteiger partial charge in [0.15, 0.2) is 0 Å². The molecule has 0 heterocycles. The van der Waals surface area contributed by atoms with Crippen molar-refractivity contribution in [2.45, 2.75) is 64.7 Å². The first-order valence-corrected chi connectivity index (χ1v) is 6.92. The third kappa shape index (κ3) is 2.25. The van der Waals surface area contributed by atoms with Crippen molar-refractivity contribution in [3.8, 4) is 0 Å². The number of halogens is 3. The molecule has 2 aliphatic rings. The van der Waals surface area contributed by atoms with Crippen molar-refractivity contribution in [2.24, 2.45) is 17.3 Å². The predicted molar refractivity (Wildman–Crippen MR) is 64.4 cm³/mol. The Labute approximate surface area is 111 Å². The van der Waals surface area contributed by atoms with Crippen LogP contribution in [-0.2, 0) is 9.53 Å². The molecular formula is C14H21F3O2. The summed E-state index contributed by atoms with van der Waals surface area (Å²) in [5, 5.41) is 0. The van der Waals surface area contributed by atoms with E-state index in [4.69, 9.17) is 4.74 Å². The summed E-state index contributed by atoms with van der Waals surface area (Å²) in [6.07, 6.45) is -2.16. The standard InChI is InChI=1S/C14H21F3O2/c1-4-12(2,3)11(18)19-13(14(15,16)17)8-9-5-6-10(13)7-9/h9-10H,4-8H2,1-3H3. The summed E-state index contributed by atoms with van der Waals surface area (Å²) < 4.78 is 45.4. The molecule has 2 saturated carbocycles. The summed E-state index contributed by atoms with van der Waals surface area (Å²) in [4.78, 5) is 12.1. The Balaban J connectivity index is 2.25. The Morgan fingerprint density at radius 3 is 2.32 bits per heavy atom. The van der Waals surface area contributed by atoms with Gasteiger partial charge in [-0.05, 0) is 51.9 Å². The van der Waals surface area contributed by atoms with E-state index in [0.29, 0.717) is 19.3 Å². The first-order chi connectivity index (χ1) is 8.62. The number of hydrogen-bond acceptors (Lipinski definition) is 2. The van der Waals surface area contributed by atoms with E-state index in [1.165, 1.54) is 0 Å². The molecule has 0 spiro atoms. The molecule has 0 amide bonds. The van der Waals surface area contributed by atoms with Gasteiger partial charge in [-0.15, -0.1) is 0 Å². The Bertz CT molecular complexity index is 375. The summed E-state index contributed by atoms with van der Waals surface area (Å²) in [6, 6.07) is 0. The Morgan fingerprint density at radius 2 is 1.95 bits per heavy atom. The Morgan fingerprint density at radius 1 is 1.32 bits per heavy atom. The SMILES string of the molecule is CCC(C)(C)C(=O)OC1(C(F)(F)F)CC2CCC1C2. The predicted octanol–water partition coefficient (Wildman–Crippen LogP) is 4.09. The average Bonchev–Trinajstić information content (AvgIpc) is 2.88. The van der Waals surface area contributed by atoms with Gasteiger partial charge in [0.05, 0.1) is 5.41 Å². The van der Waals surface area contributed by atoms with Gasteiger partial charge in [-0.25, -0.2) is 0 Å². The second-order valence-corrected chi connectivity index (χ2v) is 6.59. The molecule has 2 rings (SSSR count). The first-order valence-electron chi connectivity index (χ1n) is 6.92. The van der Waals surface area contributed by atoms with E-state index in [9.17, 15) is 18.0 Å². The molecule has 0 aromatic heterocycles. The van der Waals surface area contributed by atoms with Crippen molar-refractivity contribution >= 4 is 5.97 Å². The van der Waals surface area contributed by atoms with Gasteiger partial charge in [-0.3, -0.25) is 4.79 Å². The second-order valence-electron chi connectivity index (χ2n) is 6.59. The van der Waals surface area contributed by atoms with Crippen LogP contribution in [0.25, 0.3) is 0 Å². The normalized spacial score (nSPS) is 34.6. The zero-order valence-corrected chi connectivity index (χ0v) is 11.6. The highest BCUT2D eigenvalue weighted by atomic mass is 19.4. The summed E-state index contributed by atoms with van der Waals surface area (Å²) in [6.45, 7) is 5.04. The van der Waals surface area contributed by atoms with Gasteiger partial charge >= 0.3 is 12.1 Å². The highest BCUT2D eigenvalue weighted by molar-refractivity contribution is 5.76. The maximum atomic E-state index is 13.4. The molecule has 0 aromatic carbocycles. The van der Waals surface area contributed by atoms with Gasteiger partial charge in [0, 0.05) is 5.92 Å². The number of carbonyl (C=O) groups excluding carboxylic acids is 1. The molecule has 2 nitrogen and oxygen atoms in total. The highest BCUT2D eigenvalue weighted by Gasteiger charge is 2.68. The third-order valence-electron chi connectivity index (χ3n) is 4.98. The van der Waals surface area contributed by atoms with Crippen LogP contribution >= 0.6 is 0 Å². The molecule has 2 aliphatic carbocycles. The van der Waals surface area contributed by atoms with Crippen molar-refractivity contribution in [3.63, 3.8) is 0 Å². The number of rotatable bonds is 3. The van der Waals surface area contributed by atoms with Crippen molar-refractivity contribution in [1.82, 2.24) is 0 Å². The van der Waals surface area contributed by atoms with Gasteiger partial charge in [0.1, 0.15) is 0 Å². The van der Waals surface area contributed by atoms with E-state index in [1.54, 1.807) is 20.8 Å². The summed E-state index contributed by atoms with van der Waals surface area (Å²) in [7, 11) is 0. The molecule has 19 heavy (non-hydrogen) atoms. The van der Waals surface area contributed by atoms with Gasteiger partial charge in [-0.2, -0.15) is 13.2 Å². The molecule has 0 aromatic rings. The molecule has 2 fully saturated rings. The van der Waals surface area contributed by atoms with Crippen LogP contribution in [0.4, 0.5) is 13.2 Å². The van der Waals surface area contributed by atoms with E-state index in [2.05, 4.69) is 0 Å². The van der Waals surface area contributed by atoms with Crippen molar-refractivity contribution < 1.29 is 22.7 Å². The number of esters is 1. The largest absolute Gasteiger partial charge is 0.449 e. The van der Waals surface area contributed by atoms with Crippen LogP contribution in [0.5, 0.6) is 0 Å². The molecular weight excluding hydrogens is 257 g/mol. The van der Waals surface area contributed by atoms with Crippen LogP contribution in [0, 0.1) is 17.3 Å². The van der Waals surface area contributed by atoms with Gasteiger partial charge in [0.2, 0.25) is 5.60 Å². The average molecular weight is 278 g/mol. The minimum absolute atomic E-state index is 0.0489. The number of alkyl halides is 3. The summed E-state index contributed by atoms with van der Waals surface area (Å²) in [5.74, 6) is -1.21. The fourth-order valence-corrected chi connectivity index (χ4v) is 3.26. The molecule has 0 saturated heterocycles. The topological polar surface area (TPSA) is 26.3 Å². The Hall–Kier alpha value is -0.740. The van der Waals surface area contributed by atoms with E-state index in [-0.39, 0.29) is 12.3 Å². The van der Waals surface area contributed by atoms with Crippen LogP contribution in [-0.4, -0.2) is 17.7 Å². The Kier molecular flexibility index (Phi) is 3.38. The van der Waals surface area contributed by atoms with Gasteiger partial charge < -0.3 is 4.74 Å². The van der Waals surface area contributed by atoms with E-state index >= 15 is 0 Å². The number of ether oxygens (including phenoxy) is 1. The fraction of sp³-hybridized carbons (Fsp3) is 0.929. The summed E-state index contributed by atoms with van der Waals surface area (Å²) >= 11 is 0. The minimum atomic E-state index is -4.47. The van der Waals surface area contributed by atoms with Crippen molar-refractivity contribution in [2.75, 3.05) is 0 Å². The van der Waals surface area contributed by atoms with Gasteiger partial charge in [-0.1, -0.05) is 6.92 Å². The smallest absolute Gasteiger partial charge is 0.428 e. The number of fused-ring (bicyclic) bond motifs is 2. The van der Waals surface area contributed by atoms with Crippen LogP contribution in [0.1, 0.15) is 52.9 Å². The lowest BCUT2D eigenvalue weighted by Gasteiger charge is -2.40. The van der Waals surface area contributed by atoms with E-state index in [1.807, 2.05) is 0 Å². The lowest BCUT2D eigenvalue weighted by Crippen LogP contribution is -2.54. The van der Waals surface area contributed by atoms with Crippen LogP contribution < -0.4 is 0 Å².